The van der Waals surface area contributed by atoms with E-state index in [0.29, 0.717) is 0 Å². The normalized spacial score (nSPS) is 10.0. The monoisotopic (exact) mass is 307 g/mol. The maximum absolute atomic E-state index is 12.6. The zero-order valence-electron chi connectivity index (χ0n) is 13.3. The molecule has 0 aromatic heterocycles. The highest BCUT2D eigenvalue weighted by molar-refractivity contribution is 6.01. The summed E-state index contributed by atoms with van der Waals surface area (Å²) < 4.78 is 4.84. The molecule has 1 rings (SSSR count). The lowest BCUT2D eigenvalue weighted by Crippen LogP contribution is -2.49. The topological polar surface area (TPSA) is 92.9 Å². The Morgan fingerprint density at radius 1 is 1.27 bits per heavy atom. The minimum Gasteiger partial charge on any atom is -0.465 e. The van der Waals surface area contributed by atoms with Gasteiger partial charge >= 0.3 is 5.97 Å². The molecule has 2 amide bonds. The van der Waals surface area contributed by atoms with Gasteiger partial charge in [0, 0.05) is 19.7 Å². The van der Waals surface area contributed by atoms with E-state index in [1.807, 2.05) is 6.92 Å². The summed E-state index contributed by atoms with van der Waals surface area (Å²) in [5, 5.41) is 2.09. The fraction of sp³-hybridized carbons (Fsp3) is 0.400. The lowest BCUT2D eigenvalue weighted by atomic mass is 10.1. The molecular weight excluding hydrogens is 286 g/mol. The van der Waals surface area contributed by atoms with Crippen LogP contribution in [0, 0.1) is 6.92 Å². The van der Waals surface area contributed by atoms with E-state index in [2.05, 4.69) is 0 Å². The van der Waals surface area contributed by atoms with Crippen molar-refractivity contribution in [1.82, 2.24) is 10.0 Å². The number of aryl methyl sites for hydroxylation is 1. The fourth-order valence-electron chi connectivity index (χ4n) is 1.81. The van der Waals surface area contributed by atoms with Crippen LogP contribution < -0.4 is 5.73 Å². The maximum Gasteiger partial charge on any atom is 0.327 e. The number of esters is 1. The van der Waals surface area contributed by atoms with Gasteiger partial charge in [0.1, 0.15) is 6.54 Å². The molecule has 0 fully saturated rings. The number of nitrogens with zero attached hydrogens (tertiary/aromatic N) is 2. The van der Waals surface area contributed by atoms with Crippen LogP contribution in [0.3, 0.4) is 0 Å². The second kappa shape index (κ2) is 7.44. The Kier molecular flexibility index (Phi) is 5.91. The molecule has 0 spiro atoms. The molecule has 0 bridgehead atoms. The van der Waals surface area contributed by atoms with Crippen LogP contribution in [0.4, 0.5) is 5.69 Å². The van der Waals surface area contributed by atoms with Gasteiger partial charge in [-0.05, 0) is 26.0 Å². The average Bonchev–Trinajstić information content (AvgIpc) is 2.46. The van der Waals surface area contributed by atoms with E-state index in [1.165, 1.54) is 14.0 Å². The van der Waals surface area contributed by atoms with Gasteiger partial charge in [-0.2, -0.15) is 0 Å². The van der Waals surface area contributed by atoms with E-state index in [-0.39, 0.29) is 30.3 Å². The van der Waals surface area contributed by atoms with Crippen molar-refractivity contribution in [3.8, 4) is 0 Å². The Morgan fingerprint density at radius 2 is 1.91 bits per heavy atom. The quantitative estimate of drug-likeness (QED) is 0.508. The number of hydrogen-bond acceptors (Lipinski definition) is 5. The molecule has 1 aromatic carbocycles. The van der Waals surface area contributed by atoms with E-state index in [0.717, 1.165) is 15.6 Å². The molecule has 0 aliphatic heterocycles. The summed E-state index contributed by atoms with van der Waals surface area (Å²) in [5.74, 6) is -1.52. The summed E-state index contributed by atoms with van der Waals surface area (Å²) in [6.07, 6.45) is 0. The Morgan fingerprint density at radius 3 is 2.45 bits per heavy atom. The van der Waals surface area contributed by atoms with Crippen LogP contribution in [0.1, 0.15) is 29.8 Å². The third kappa shape index (κ3) is 4.21. The number of amides is 2. The highest BCUT2D eigenvalue weighted by atomic mass is 16.5. The predicted molar refractivity (Wildman–Crippen MR) is 81.7 cm³/mol. The summed E-state index contributed by atoms with van der Waals surface area (Å²) in [6.45, 7) is 4.61. The number of anilines is 1. The van der Waals surface area contributed by atoms with E-state index in [4.69, 9.17) is 10.5 Å². The molecule has 7 heteroatoms. The third-order valence-corrected chi connectivity index (χ3v) is 3.08. The molecule has 0 radical (unpaired) electrons. The predicted octanol–water partition coefficient (Wildman–Crippen LogP) is 0.976. The molecule has 120 valence electrons. The number of rotatable bonds is 4. The molecule has 0 heterocycles. The summed E-state index contributed by atoms with van der Waals surface area (Å²) in [6, 6.07) is 5.00. The average molecular weight is 307 g/mol. The van der Waals surface area contributed by atoms with Crippen LogP contribution in [0.5, 0.6) is 0 Å². The first kappa shape index (κ1) is 17.5. The minimum atomic E-state index is -0.602. The van der Waals surface area contributed by atoms with E-state index in [1.54, 1.807) is 25.1 Å². The number of ether oxygens (including phenoxy) is 1. The van der Waals surface area contributed by atoms with Gasteiger partial charge in [-0.15, -0.1) is 0 Å². The van der Waals surface area contributed by atoms with Crippen LogP contribution in [-0.4, -0.2) is 48.0 Å². The van der Waals surface area contributed by atoms with Crippen LogP contribution in [0.2, 0.25) is 0 Å². The number of carbonyl (C=O) groups excluding carboxylic acids is 3. The summed E-state index contributed by atoms with van der Waals surface area (Å²) in [7, 11) is 1.41. The Hall–Kier alpha value is -2.57. The zero-order valence-corrected chi connectivity index (χ0v) is 13.3. The van der Waals surface area contributed by atoms with Gasteiger partial charge in [0.15, 0.2) is 0 Å². The van der Waals surface area contributed by atoms with Gasteiger partial charge < -0.3 is 10.5 Å². The number of hydrogen-bond donors (Lipinski definition) is 1. The third-order valence-electron chi connectivity index (χ3n) is 3.08. The lowest BCUT2D eigenvalue weighted by Gasteiger charge is -2.30. The molecule has 22 heavy (non-hydrogen) atoms. The Labute approximate surface area is 129 Å². The molecule has 0 saturated carbocycles. The second-order valence-electron chi connectivity index (χ2n) is 4.80. The van der Waals surface area contributed by atoms with Crippen LogP contribution >= 0.6 is 0 Å². The summed E-state index contributed by atoms with van der Waals surface area (Å²) in [4.78, 5) is 35.9. The fourth-order valence-corrected chi connectivity index (χ4v) is 1.81. The first-order valence-corrected chi connectivity index (χ1v) is 6.85. The number of carbonyl (C=O) groups is 3. The Balaban J connectivity index is 3.14. The van der Waals surface area contributed by atoms with Gasteiger partial charge in [-0.3, -0.25) is 19.4 Å². The van der Waals surface area contributed by atoms with Gasteiger partial charge in [0.05, 0.1) is 12.2 Å². The van der Waals surface area contributed by atoms with Crippen LogP contribution in [-0.2, 0) is 14.3 Å². The van der Waals surface area contributed by atoms with Crippen molar-refractivity contribution < 1.29 is 19.1 Å². The van der Waals surface area contributed by atoms with E-state index in [9.17, 15) is 14.4 Å². The number of benzene rings is 1. The molecular formula is C15H21N3O4. The largest absolute Gasteiger partial charge is 0.465 e. The number of hydrazine groups is 1. The highest BCUT2D eigenvalue weighted by Gasteiger charge is 2.26. The smallest absolute Gasteiger partial charge is 0.327 e. The zero-order chi connectivity index (χ0) is 16.9. The summed E-state index contributed by atoms with van der Waals surface area (Å²) >= 11 is 0. The van der Waals surface area contributed by atoms with Crippen molar-refractivity contribution in [3.05, 3.63) is 29.3 Å². The maximum atomic E-state index is 12.6. The van der Waals surface area contributed by atoms with Crippen LogP contribution in [0.25, 0.3) is 0 Å². The first-order valence-electron chi connectivity index (χ1n) is 6.85. The molecule has 0 atom stereocenters. The SMILES string of the molecule is CCOC(=O)CN(C(=O)c1cc(C)ccc1N)N(C)C(C)=O. The molecule has 1 aromatic rings. The van der Waals surface area contributed by atoms with Crippen molar-refractivity contribution in [3.63, 3.8) is 0 Å². The molecule has 0 unspecified atom stereocenters. The second-order valence-corrected chi connectivity index (χ2v) is 4.80. The minimum absolute atomic E-state index is 0.192. The van der Waals surface area contributed by atoms with E-state index >= 15 is 0 Å². The van der Waals surface area contributed by atoms with Gasteiger partial charge in [0.2, 0.25) is 5.91 Å². The van der Waals surface area contributed by atoms with Crippen molar-refractivity contribution in [2.45, 2.75) is 20.8 Å². The standard InChI is InChI=1S/C15H21N3O4/c1-5-22-14(20)9-18(17(4)11(3)19)15(21)12-8-10(2)6-7-13(12)16/h6-8H,5,9,16H2,1-4H3. The molecule has 0 aliphatic rings. The highest BCUT2D eigenvalue weighted by Crippen LogP contribution is 2.17. The Bertz CT molecular complexity index is 586. The van der Waals surface area contributed by atoms with Gasteiger partial charge in [0.25, 0.3) is 5.91 Å². The number of nitrogen functional groups attached to an aromatic ring is 1. The van der Waals surface area contributed by atoms with Crippen molar-refractivity contribution >= 4 is 23.5 Å². The molecule has 7 nitrogen and oxygen atoms in total. The van der Waals surface area contributed by atoms with Gasteiger partial charge in [-0.25, -0.2) is 5.01 Å². The molecule has 2 N–H and O–H groups in total. The van der Waals surface area contributed by atoms with Crippen molar-refractivity contribution in [2.75, 3.05) is 25.9 Å². The lowest BCUT2D eigenvalue weighted by molar-refractivity contribution is -0.151. The molecule has 0 saturated heterocycles. The van der Waals surface area contributed by atoms with Crippen molar-refractivity contribution in [2.24, 2.45) is 0 Å². The van der Waals surface area contributed by atoms with Crippen LogP contribution in [0.15, 0.2) is 18.2 Å². The first-order chi connectivity index (χ1) is 10.3. The summed E-state index contributed by atoms with van der Waals surface area (Å²) in [5.41, 5.74) is 7.19. The van der Waals surface area contributed by atoms with Gasteiger partial charge in [-0.1, -0.05) is 11.6 Å². The van der Waals surface area contributed by atoms with Crippen molar-refractivity contribution in [1.29, 1.82) is 0 Å². The molecule has 0 aliphatic carbocycles. The number of nitrogens with two attached hydrogens (primary N) is 1. The van der Waals surface area contributed by atoms with E-state index < -0.39 is 11.9 Å².